The fraction of sp³-hybridized carbons (Fsp3) is 0.393. The zero-order valence-electron chi connectivity index (χ0n) is 21.2. The number of rotatable bonds is 7. The summed E-state index contributed by atoms with van der Waals surface area (Å²) in [6.07, 6.45) is 0.149. The normalized spacial score (nSPS) is 14.2. The van der Waals surface area contributed by atoms with Crippen LogP contribution in [0.15, 0.2) is 65.3 Å². The molecule has 0 bridgehead atoms. The fourth-order valence-corrected chi connectivity index (χ4v) is 3.77. The van der Waals surface area contributed by atoms with Gasteiger partial charge < -0.3 is 16.4 Å². The predicted molar refractivity (Wildman–Crippen MR) is 140 cm³/mol. The van der Waals surface area contributed by atoms with Gasteiger partial charge in [0.2, 0.25) is 0 Å². The van der Waals surface area contributed by atoms with E-state index in [2.05, 4.69) is 36.1 Å². The Bertz CT molecular complexity index is 1090. The van der Waals surface area contributed by atoms with E-state index < -0.39 is 17.6 Å². The van der Waals surface area contributed by atoms with Gasteiger partial charge in [-0.25, -0.2) is 4.39 Å². The summed E-state index contributed by atoms with van der Waals surface area (Å²) in [5.74, 6) is -0.0774. The number of benzene rings is 2. The van der Waals surface area contributed by atoms with E-state index in [4.69, 9.17) is 5.73 Å². The Morgan fingerprint density at radius 1 is 1.14 bits per heavy atom. The number of hydrogen-bond donors (Lipinski definition) is 3. The van der Waals surface area contributed by atoms with Crippen LogP contribution in [0, 0.1) is 12.7 Å². The topological polar surface area (TPSA) is 62.4 Å². The van der Waals surface area contributed by atoms with Gasteiger partial charge in [-0.15, -0.1) is 0 Å². The molecule has 1 aliphatic heterocycles. The van der Waals surface area contributed by atoms with Gasteiger partial charge in [0, 0.05) is 29.1 Å². The molecule has 3 rings (SSSR count). The minimum atomic E-state index is -4.48. The van der Waals surface area contributed by atoms with Gasteiger partial charge in [-0.1, -0.05) is 64.0 Å². The average Bonchev–Trinajstić information content (AvgIpc) is 2.84. The van der Waals surface area contributed by atoms with Crippen LogP contribution in [0.1, 0.15) is 61.8 Å². The molecule has 1 heterocycles. The third kappa shape index (κ3) is 8.52. The molecule has 0 atom stereocenters. The first kappa shape index (κ1) is 29.1. The third-order valence-corrected chi connectivity index (χ3v) is 5.77. The molecular weight excluding hydrogens is 468 g/mol. The highest BCUT2D eigenvalue weighted by molar-refractivity contribution is 6.03. The summed E-state index contributed by atoms with van der Waals surface area (Å²) in [6.45, 7) is 11.1. The lowest BCUT2D eigenvalue weighted by Crippen LogP contribution is -2.35. The second-order valence-electron chi connectivity index (χ2n) is 8.67. The number of amidine groups is 1. The summed E-state index contributed by atoms with van der Waals surface area (Å²) >= 11 is 0. The highest BCUT2D eigenvalue weighted by atomic mass is 19.4. The number of alkyl halides is 3. The molecule has 4 N–H and O–H groups in total. The van der Waals surface area contributed by atoms with Crippen molar-refractivity contribution >= 4 is 11.5 Å². The summed E-state index contributed by atoms with van der Waals surface area (Å²) in [5.41, 5.74) is 8.46. The maximum absolute atomic E-state index is 13.7. The second kappa shape index (κ2) is 13.8. The zero-order valence-corrected chi connectivity index (χ0v) is 21.2. The Morgan fingerprint density at radius 2 is 1.83 bits per heavy atom. The lowest BCUT2D eigenvalue weighted by atomic mass is 10.0. The fourth-order valence-electron chi connectivity index (χ4n) is 3.77. The number of hydrogen-bond acceptors (Lipinski definition) is 3. The van der Waals surface area contributed by atoms with Crippen LogP contribution in [0.4, 0.5) is 17.6 Å². The molecule has 0 fully saturated rings. The minimum absolute atomic E-state index is 0.0509. The molecule has 2 aromatic carbocycles. The van der Waals surface area contributed by atoms with Crippen molar-refractivity contribution in [3.63, 3.8) is 0 Å². The molecule has 1 aliphatic rings. The van der Waals surface area contributed by atoms with E-state index in [9.17, 15) is 17.6 Å². The highest BCUT2D eigenvalue weighted by Crippen LogP contribution is 2.32. The number of aliphatic imine (C=N–C) groups is 1. The summed E-state index contributed by atoms with van der Waals surface area (Å²) in [4.78, 5) is 4.45. The molecule has 0 aromatic heterocycles. The first-order valence-corrected chi connectivity index (χ1v) is 12.2. The van der Waals surface area contributed by atoms with Gasteiger partial charge in [-0.3, -0.25) is 4.99 Å². The molecule has 36 heavy (non-hydrogen) atoms. The second-order valence-corrected chi connectivity index (χ2v) is 8.67. The van der Waals surface area contributed by atoms with Gasteiger partial charge in [0.25, 0.3) is 0 Å². The van der Waals surface area contributed by atoms with Gasteiger partial charge in [0.1, 0.15) is 11.7 Å². The van der Waals surface area contributed by atoms with Gasteiger partial charge in [-0.2, -0.15) is 13.2 Å². The first-order valence-electron chi connectivity index (χ1n) is 12.2. The standard InChI is InChI=1S/C23H24F4N4.C5H12/c1-14-7-8-17(24)11-19(14)15(2)31-22(18-9-10-29-13-21(18)28)30-12-16-5-3-4-6-20(16)23(25,26)27;1-3-5-4-2/h3-8,11,29H,2,9-10,12-13,28H2,1H3,(H,30,31);3-5H2,1-2H3. The Balaban J connectivity index is 0.000000830. The molecular formula is C28H36F4N4. The van der Waals surface area contributed by atoms with Gasteiger partial charge in [0.05, 0.1) is 12.1 Å². The maximum atomic E-state index is 13.7. The summed E-state index contributed by atoms with van der Waals surface area (Å²) in [7, 11) is 0. The Hall–Kier alpha value is -3.13. The number of nitrogens with one attached hydrogen (secondary N) is 2. The van der Waals surface area contributed by atoms with E-state index in [1.807, 2.05) is 6.92 Å². The van der Waals surface area contributed by atoms with E-state index in [-0.39, 0.29) is 12.1 Å². The molecule has 4 nitrogen and oxygen atoms in total. The molecule has 0 aliphatic carbocycles. The van der Waals surface area contributed by atoms with Crippen LogP contribution in [-0.4, -0.2) is 18.9 Å². The SMILES string of the molecule is C=C(NC(=NCc1ccccc1C(F)(F)F)C1=C(N)CNCC1)c1cc(F)ccc1C.CCCCC. The van der Waals surface area contributed by atoms with Crippen molar-refractivity contribution in [2.45, 2.75) is 59.2 Å². The van der Waals surface area contributed by atoms with Gasteiger partial charge in [0.15, 0.2) is 0 Å². The van der Waals surface area contributed by atoms with Crippen LogP contribution in [-0.2, 0) is 12.7 Å². The number of aryl methyl sites for hydroxylation is 1. The lowest BCUT2D eigenvalue weighted by molar-refractivity contribution is -0.138. The van der Waals surface area contributed by atoms with E-state index in [1.165, 1.54) is 43.5 Å². The van der Waals surface area contributed by atoms with Crippen molar-refractivity contribution in [2.24, 2.45) is 10.7 Å². The van der Waals surface area contributed by atoms with Gasteiger partial charge in [-0.05, 0) is 49.2 Å². The number of nitrogens with two attached hydrogens (primary N) is 1. The van der Waals surface area contributed by atoms with Crippen molar-refractivity contribution in [3.05, 3.63) is 88.4 Å². The average molecular weight is 505 g/mol. The molecule has 0 amide bonds. The van der Waals surface area contributed by atoms with Crippen LogP contribution < -0.4 is 16.4 Å². The smallest absolute Gasteiger partial charge is 0.401 e. The monoisotopic (exact) mass is 504 g/mol. The lowest BCUT2D eigenvalue weighted by Gasteiger charge is -2.22. The number of halogens is 4. The molecule has 0 unspecified atom stereocenters. The Morgan fingerprint density at radius 3 is 2.44 bits per heavy atom. The van der Waals surface area contributed by atoms with Crippen LogP contribution in [0.25, 0.3) is 5.70 Å². The molecule has 8 heteroatoms. The predicted octanol–water partition coefficient (Wildman–Crippen LogP) is 6.71. The number of unbranched alkanes of at least 4 members (excludes halogenated alkanes) is 2. The maximum Gasteiger partial charge on any atom is 0.416 e. The van der Waals surface area contributed by atoms with Crippen molar-refractivity contribution < 1.29 is 17.6 Å². The van der Waals surface area contributed by atoms with Crippen molar-refractivity contribution in [1.29, 1.82) is 0 Å². The molecule has 196 valence electrons. The molecule has 0 saturated carbocycles. The molecule has 0 saturated heterocycles. The Kier molecular flexibility index (Phi) is 11.2. The van der Waals surface area contributed by atoms with Crippen LogP contribution in [0.5, 0.6) is 0 Å². The molecule has 2 aromatic rings. The van der Waals surface area contributed by atoms with Crippen LogP contribution in [0.3, 0.4) is 0 Å². The van der Waals surface area contributed by atoms with E-state index >= 15 is 0 Å². The van der Waals surface area contributed by atoms with Crippen molar-refractivity contribution in [1.82, 2.24) is 10.6 Å². The van der Waals surface area contributed by atoms with E-state index in [0.717, 1.165) is 11.6 Å². The summed E-state index contributed by atoms with van der Waals surface area (Å²) in [5, 5.41) is 6.21. The zero-order chi connectivity index (χ0) is 26.7. The van der Waals surface area contributed by atoms with Crippen molar-refractivity contribution in [3.8, 4) is 0 Å². The minimum Gasteiger partial charge on any atom is -0.401 e. The summed E-state index contributed by atoms with van der Waals surface area (Å²) < 4.78 is 53.8. The van der Waals surface area contributed by atoms with Crippen LogP contribution in [0.2, 0.25) is 0 Å². The van der Waals surface area contributed by atoms with Gasteiger partial charge >= 0.3 is 6.18 Å². The van der Waals surface area contributed by atoms with E-state index in [0.29, 0.717) is 47.9 Å². The highest BCUT2D eigenvalue weighted by Gasteiger charge is 2.32. The van der Waals surface area contributed by atoms with Crippen LogP contribution >= 0.6 is 0 Å². The third-order valence-electron chi connectivity index (χ3n) is 5.77. The quantitative estimate of drug-likeness (QED) is 0.223. The number of nitrogens with zero attached hydrogens (tertiary/aromatic N) is 1. The largest absolute Gasteiger partial charge is 0.416 e. The van der Waals surface area contributed by atoms with Crippen molar-refractivity contribution in [2.75, 3.05) is 13.1 Å². The van der Waals surface area contributed by atoms with E-state index in [1.54, 1.807) is 12.1 Å². The molecule has 0 spiro atoms. The first-order chi connectivity index (χ1) is 17.1. The molecule has 0 radical (unpaired) electrons. The summed E-state index contributed by atoms with van der Waals surface area (Å²) in [6, 6.07) is 9.65. The Labute approximate surface area is 211 Å².